The Bertz CT molecular complexity index is 627. The molecule has 1 unspecified atom stereocenters. The fourth-order valence-corrected chi connectivity index (χ4v) is 4.69. The summed E-state index contributed by atoms with van der Waals surface area (Å²) in [7, 11) is -2.99. The van der Waals surface area contributed by atoms with Crippen molar-refractivity contribution in [3.63, 3.8) is 0 Å². The average molecular weight is 360 g/mol. The Hall–Kier alpha value is -0.880. The molecule has 1 aliphatic heterocycles. The molecule has 0 N–H and O–H groups in total. The number of amides is 1. The normalized spacial score (nSPS) is 20.9. The van der Waals surface area contributed by atoms with Crippen LogP contribution in [0.4, 0.5) is 0 Å². The van der Waals surface area contributed by atoms with E-state index in [4.69, 9.17) is 0 Å². The van der Waals surface area contributed by atoms with E-state index in [0.717, 1.165) is 10.0 Å². The first-order valence-electron chi connectivity index (χ1n) is 6.61. The Labute approximate surface area is 128 Å². The maximum atomic E-state index is 12.6. The number of hydrogen-bond donors (Lipinski definition) is 0. The second-order valence-electron chi connectivity index (χ2n) is 5.13. The summed E-state index contributed by atoms with van der Waals surface area (Å²) in [4.78, 5) is 14.3. The highest BCUT2D eigenvalue weighted by molar-refractivity contribution is 9.10. The van der Waals surface area contributed by atoms with Gasteiger partial charge in [-0.1, -0.05) is 11.6 Å². The van der Waals surface area contributed by atoms with Crippen LogP contribution in [0, 0.1) is 6.92 Å². The number of sulfone groups is 1. The monoisotopic (exact) mass is 359 g/mol. The first-order chi connectivity index (χ1) is 9.34. The molecule has 1 fully saturated rings. The summed E-state index contributed by atoms with van der Waals surface area (Å²) in [5, 5.41) is 0. The van der Waals surface area contributed by atoms with E-state index in [2.05, 4.69) is 15.9 Å². The first-order valence-corrected chi connectivity index (χ1v) is 9.23. The molecule has 20 heavy (non-hydrogen) atoms. The smallest absolute Gasteiger partial charge is 0.255 e. The Balaban J connectivity index is 2.28. The SMILES string of the molecule is CCN(C(=O)c1cc(C)ccc1Br)C1CCS(=O)(=O)C1. The lowest BCUT2D eigenvalue weighted by molar-refractivity contribution is 0.0707. The van der Waals surface area contributed by atoms with Crippen LogP contribution in [0.2, 0.25) is 0 Å². The van der Waals surface area contributed by atoms with Gasteiger partial charge in [-0.2, -0.15) is 0 Å². The van der Waals surface area contributed by atoms with E-state index in [1.807, 2.05) is 32.0 Å². The van der Waals surface area contributed by atoms with E-state index >= 15 is 0 Å². The van der Waals surface area contributed by atoms with Crippen molar-refractivity contribution in [3.05, 3.63) is 33.8 Å². The van der Waals surface area contributed by atoms with Crippen molar-refractivity contribution in [2.75, 3.05) is 18.1 Å². The molecule has 6 heteroatoms. The molecule has 4 nitrogen and oxygen atoms in total. The summed E-state index contributed by atoms with van der Waals surface area (Å²) in [6.07, 6.45) is 0.533. The molecule has 1 saturated heterocycles. The lowest BCUT2D eigenvalue weighted by Crippen LogP contribution is -2.41. The van der Waals surface area contributed by atoms with Gasteiger partial charge in [-0.15, -0.1) is 0 Å². The van der Waals surface area contributed by atoms with Crippen molar-refractivity contribution >= 4 is 31.7 Å². The van der Waals surface area contributed by atoms with E-state index in [0.29, 0.717) is 18.5 Å². The maximum absolute atomic E-state index is 12.6. The quantitative estimate of drug-likeness (QED) is 0.832. The maximum Gasteiger partial charge on any atom is 0.255 e. The Morgan fingerprint density at radius 2 is 2.15 bits per heavy atom. The number of carbonyl (C=O) groups excluding carboxylic acids is 1. The van der Waals surface area contributed by atoms with E-state index in [9.17, 15) is 13.2 Å². The van der Waals surface area contributed by atoms with Crippen molar-refractivity contribution in [1.82, 2.24) is 4.90 Å². The number of benzene rings is 1. The number of nitrogens with zero attached hydrogens (tertiary/aromatic N) is 1. The molecule has 1 amide bonds. The lowest BCUT2D eigenvalue weighted by atomic mass is 10.1. The molecule has 0 bridgehead atoms. The highest BCUT2D eigenvalue weighted by Crippen LogP contribution is 2.24. The Morgan fingerprint density at radius 1 is 1.45 bits per heavy atom. The Kier molecular flexibility index (Phi) is 4.54. The molecule has 110 valence electrons. The summed E-state index contributed by atoms with van der Waals surface area (Å²) in [5.41, 5.74) is 1.60. The van der Waals surface area contributed by atoms with Gasteiger partial charge < -0.3 is 4.90 Å². The van der Waals surface area contributed by atoms with Crippen LogP contribution in [0.5, 0.6) is 0 Å². The predicted molar refractivity (Wildman–Crippen MR) is 82.6 cm³/mol. The third-order valence-corrected chi connectivity index (χ3v) is 6.04. The van der Waals surface area contributed by atoms with Gasteiger partial charge in [0.2, 0.25) is 0 Å². The molecule has 1 aromatic carbocycles. The highest BCUT2D eigenvalue weighted by Gasteiger charge is 2.34. The van der Waals surface area contributed by atoms with Crippen molar-refractivity contribution in [2.24, 2.45) is 0 Å². The van der Waals surface area contributed by atoms with Gasteiger partial charge in [-0.3, -0.25) is 4.79 Å². The summed E-state index contributed by atoms with van der Waals surface area (Å²) < 4.78 is 23.9. The molecular formula is C14H18BrNO3S. The standard InChI is InChI=1S/C14H18BrNO3S/c1-3-16(11-6-7-20(18,19)9-11)14(17)12-8-10(2)4-5-13(12)15/h4-5,8,11H,3,6-7,9H2,1-2H3. The largest absolute Gasteiger partial charge is 0.335 e. The van der Waals surface area contributed by atoms with Crippen molar-refractivity contribution in [2.45, 2.75) is 26.3 Å². The fraction of sp³-hybridized carbons (Fsp3) is 0.500. The topological polar surface area (TPSA) is 54.5 Å². The molecule has 0 aromatic heterocycles. The molecule has 2 rings (SSSR count). The zero-order valence-corrected chi connectivity index (χ0v) is 14.0. The Morgan fingerprint density at radius 3 is 2.70 bits per heavy atom. The van der Waals surface area contributed by atoms with Gasteiger partial charge in [-0.25, -0.2) is 8.42 Å². The van der Waals surface area contributed by atoms with Crippen LogP contribution < -0.4 is 0 Å². The van der Waals surface area contributed by atoms with Crippen molar-refractivity contribution in [3.8, 4) is 0 Å². The van der Waals surface area contributed by atoms with Gasteiger partial charge in [-0.05, 0) is 48.3 Å². The van der Waals surface area contributed by atoms with Gasteiger partial charge in [0.15, 0.2) is 9.84 Å². The van der Waals surface area contributed by atoms with Gasteiger partial charge in [0.05, 0.1) is 17.1 Å². The van der Waals surface area contributed by atoms with Crippen LogP contribution in [0.25, 0.3) is 0 Å². The number of carbonyl (C=O) groups is 1. The summed E-state index contributed by atoms with van der Waals surface area (Å²) in [5.74, 6) is 0.150. The van der Waals surface area contributed by atoms with Crippen LogP contribution >= 0.6 is 15.9 Å². The van der Waals surface area contributed by atoms with Crippen LogP contribution in [-0.2, 0) is 9.84 Å². The number of rotatable bonds is 3. The van der Waals surface area contributed by atoms with Crippen LogP contribution in [0.15, 0.2) is 22.7 Å². The number of hydrogen-bond acceptors (Lipinski definition) is 3. The third-order valence-electron chi connectivity index (χ3n) is 3.60. The molecule has 0 radical (unpaired) electrons. The van der Waals surface area contributed by atoms with Crippen molar-refractivity contribution in [1.29, 1.82) is 0 Å². The molecule has 0 spiro atoms. The first kappa shape index (κ1) is 15.5. The zero-order chi connectivity index (χ0) is 14.9. The minimum absolute atomic E-state index is 0.0794. The minimum atomic E-state index is -2.99. The second kappa shape index (κ2) is 5.85. The third kappa shape index (κ3) is 3.23. The summed E-state index contributed by atoms with van der Waals surface area (Å²) in [6.45, 7) is 4.32. The number of aryl methyl sites for hydroxylation is 1. The zero-order valence-electron chi connectivity index (χ0n) is 11.6. The molecule has 1 aliphatic rings. The number of halogens is 1. The lowest BCUT2D eigenvalue weighted by Gasteiger charge is -2.27. The van der Waals surface area contributed by atoms with Gasteiger partial charge in [0.1, 0.15) is 0 Å². The van der Waals surface area contributed by atoms with Gasteiger partial charge in [0, 0.05) is 17.1 Å². The second-order valence-corrected chi connectivity index (χ2v) is 8.21. The fourth-order valence-electron chi connectivity index (χ4n) is 2.55. The molecule has 1 aromatic rings. The van der Waals surface area contributed by atoms with E-state index in [1.165, 1.54) is 0 Å². The van der Waals surface area contributed by atoms with Crippen LogP contribution in [-0.4, -0.2) is 43.3 Å². The predicted octanol–water partition coefficient (Wildman–Crippen LogP) is 2.41. The van der Waals surface area contributed by atoms with Gasteiger partial charge >= 0.3 is 0 Å². The summed E-state index contributed by atoms with van der Waals surface area (Å²) in [6, 6.07) is 5.40. The van der Waals surface area contributed by atoms with Crippen LogP contribution in [0.1, 0.15) is 29.3 Å². The minimum Gasteiger partial charge on any atom is -0.335 e. The van der Waals surface area contributed by atoms with Gasteiger partial charge in [0.25, 0.3) is 5.91 Å². The molecule has 0 aliphatic carbocycles. The molecule has 0 saturated carbocycles. The summed E-state index contributed by atoms with van der Waals surface area (Å²) >= 11 is 3.39. The van der Waals surface area contributed by atoms with E-state index in [1.54, 1.807) is 4.90 Å². The van der Waals surface area contributed by atoms with E-state index in [-0.39, 0.29) is 23.5 Å². The average Bonchev–Trinajstić information content (AvgIpc) is 2.73. The van der Waals surface area contributed by atoms with E-state index < -0.39 is 9.84 Å². The highest BCUT2D eigenvalue weighted by atomic mass is 79.9. The molecule has 1 heterocycles. The van der Waals surface area contributed by atoms with Crippen molar-refractivity contribution < 1.29 is 13.2 Å². The van der Waals surface area contributed by atoms with Crippen LogP contribution in [0.3, 0.4) is 0 Å². The molecular weight excluding hydrogens is 342 g/mol. The molecule has 1 atom stereocenters.